The van der Waals surface area contributed by atoms with Gasteiger partial charge in [0, 0.05) is 0 Å². The third-order valence-electron chi connectivity index (χ3n) is 2.52. The van der Waals surface area contributed by atoms with Gasteiger partial charge in [-0.15, -0.1) is 5.10 Å². The van der Waals surface area contributed by atoms with E-state index in [1.807, 2.05) is 6.92 Å². The number of hydrogen-bond donors (Lipinski definition) is 2. The number of para-hydroxylation sites is 2. The molecule has 0 atom stereocenters. The van der Waals surface area contributed by atoms with Crippen LogP contribution >= 0.6 is 0 Å². The molecule has 0 unspecified atom stereocenters. The first-order valence-electron chi connectivity index (χ1n) is 6.25. The Morgan fingerprint density at radius 2 is 2.14 bits per heavy atom. The van der Waals surface area contributed by atoms with Crippen LogP contribution in [0.3, 0.4) is 0 Å². The molecule has 0 radical (unpaired) electrons. The number of benzene rings is 1. The summed E-state index contributed by atoms with van der Waals surface area (Å²) in [6.45, 7) is 2.19. The highest BCUT2D eigenvalue weighted by Crippen LogP contribution is 2.23. The highest BCUT2D eigenvalue weighted by Gasteiger charge is 2.12. The maximum atomic E-state index is 11.9. The fraction of sp³-hybridized carbons (Fsp3) is 0.231. The molecule has 1 amide bonds. The average Bonchev–Trinajstić information content (AvgIpc) is 2.90. The normalized spacial score (nSPS) is 10.1. The molecule has 0 aliphatic carbocycles. The molecule has 0 bridgehead atoms. The van der Waals surface area contributed by atoms with Crippen LogP contribution < -0.4 is 10.1 Å². The molecular weight excluding hydrogens is 276 g/mol. The Balaban J connectivity index is 2.02. The summed E-state index contributed by atoms with van der Waals surface area (Å²) in [6.07, 6.45) is 1.19. The molecule has 0 saturated heterocycles. The number of aromatic carboxylic acids is 1. The number of amides is 1. The summed E-state index contributed by atoms with van der Waals surface area (Å²) >= 11 is 0. The standard InChI is InChI=1S/C13H14N4O4/c1-2-21-11-6-4-3-5-9(11)14-12(18)8-17-7-10(13(19)20)15-16-17/h3-7H,2,8H2,1H3,(H,14,18)(H,19,20). The zero-order valence-electron chi connectivity index (χ0n) is 11.3. The van der Waals surface area contributed by atoms with Crippen LogP contribution in [0.15, 0.2) is 30.5 Å². The van der Waals surface area contributed by atoms with E-state index in [9.17, 15) is 9.59 Å². The van der Waals surface area contributed by atoms with Gasteiger partial charge in [-0.2, -0.15) is 0 Å². The summed E-state index contributed by atoms with van der Waals surface area (Å²) < 4.78 is 6.55. The second kappa shape index (κ2) is 6.51. The second-order valence-corrected chi connectivity index (χ2v) is 4.08. The maximum absolute atomic E-state index is 11.9. The van der Waals surface area contributed by atoms with Gasteiger partial charge in [0.25, 0.3) is 0 Å². The van der Waals surface area contributed by atoms with E-state index in [1.165, 1.54) is 6.20 Å². The first-order valence-corrected chi connectivity index (χ1v) is 6.25. The summed E-state index contributed by atoms with van der Waals surface area (Å²) in [5.74, 6) is -0.981. The van der Waals surface area contributed by atoms with Crippen molar-refractivity contribution >= 4 is 17.6 Å². The molecule has 1 aromatic carbocycles. The zero-order chi connectivity index (χ0) is 15.2. The number of hydrogen-bond acceptors (Lipinski definition) is 5. The van der Waals surface area contributed by atoms with Gasteiger partial charge in [0.05, 0.1) is 18.5 Å². The molecule has 8 heteroatoms. The van der Waals surface area contributed by atoms with Crippen molar-refractivity contribution in [2.75, 3.05) is 11.9 Å². The molecule has 2 aromatic rings. The molecule has 0 fully saturated rings. The van der Waals surface area contributed by atoms with Crippen LogP contribution in [0.2, 0.25) is 0 Å². The number of anilines is 1. The first kappa shape index (κ1) is 14.5. The predicted molar refractivity (Wildman–Crippen MR) is 73.2 cm³/mol. The van der Waals surface area contributed by atoms with E-state index in [0.29, 0.717) is 18.0 Å². The Kier molecular flexibility index (Phi) is 4.50. The number of carbonyl (C=O) groups is 2. The largest absolute Gasteiger partial charge is 0.492 e. The number of carboxylic acids is 1. The van der Waals surface area contributed by atoms with E-state index in [0.717, 1.165) is 4.68 Å². The monoisotopic (exact) mass is 290 g/mol. The summed E-state index contributed by atoms with van der Waals surface area (Å²) in [7, 11) is 0. The SMILES string of the molecule is CCOc1ccccc1NC(=O)Cn1cc(C(=O)O)nn1. The number of aromatic nitrogens is 3. The van der Waals surface area contributed by atoms with Crippen LogP contribution in [-0.4, -0.2) is 38.6 Å². The van der Waals surface area contributed by atoms with Crippen LogP contribution in [0.1, 0.15) is 17.4 Å². The molecule has 2 N–H and O–H groups in total. The molecule has 1 aromatic heterocycles. The van der Waals surface area contributed by atoms with Gasteiger partial charge < -0.3 is 15.2 Å². The summed E-state index contributed by atoms with van der Waals surface area (Å²) in [4.78, 5) is 22.6. The Bertz CT molecular complexity index is 653. The molecule has 0 aliphatic heterocycles. The number of nitrogens with one attached hydrogen (secondary N) is 1. The van der Waals surface area contributed by atoms with Crippen LogP contribution in [0.25, 0.3) is 0 Å². The number of rotatable bonds is 6. The Labute approximate surface area is 120 Å². The Hall–Kier alpha value is -2.90. The van der Waals surface area contributed by atoms with Crippen molar-refractivity contribution in [2.24, 2.45) is 0 Å². The lowest BCUT2D eigenvalue weighted by Gasteiger charge is -2.10. The lowest BCUT2D eigenvalue weighted by molar-refractivity contribution is -0.116. The molecular formula is C13H14N4O4. The zero-order valence-corrected chi connectivity index (χ0v) is 11.3. The lowest BCUT2D eigenvalue weighted by atomic mass is 10.3. The van der Waals surface area contributed by atoms with Gasteiger partial charge in [-0.1, -0.05) is 17.3 Å². The third-order valence-corrected chi connectivity index (χ3v) is 2.52. The quantitative estimate of drug-likeness (QED) is 0.822. The Morgan fingerprint density at radius 1 is 1.38 bits per heavy atom. The molecule has 0 aliphatic rings. The fourth-order valence-corrected chi connectivity index (χ4v) is 1.66. The topological polar surface area (TPSA) is 106 Å². The minimum atomic E-state index is -1.19. The van der Waals surface area contributed by atoms with Crippen molar-refractivity contribution in [3.05, 3.63) is 36.2 Å². The van der Waals surface area contributed by atoms with Crippen molar-refractivity contribution in [3.8, 4) is 5.75 Å². The maximum Gasteiger partial charge on any atom is 0.358 e. The molecule has 21 heavy (non-hydrogen) atoms. The second-order valence-electron chi connectivity index (χ2n) is 4.08. The van der Waals surface area contributed by atoms with Crippen LogP contribution in [0.4, 0.5) is 5.69 Å². The van der Waals surface area contributed by atoms with E-state index in [2.05, 4.69) is 15.6 Å². The van der Waals surface area contributed by atoms with Crippen molar-refractivity contribution in [1.29, 1.82) is 0 Å². The van der Waals surface area contributed by atoms with E-state index >= 15 is 0 Å². The third kappa shape index (κ3) is 3.78. The van der Waals surface area contributed by atoms with Crippen LogP contribution in [0, 0.1) is 0 Å². The molecule has 110 valence electrons. The van der Waals surface area contributed by atoms with Crippen molar-refractivity contribution in [2.45, 2.75) is 13.5 Å². The van der Waals surface area contributed by atoms with Gasteiger partial charge in [-0.3, -0.25) is 4.79 Å². The molecule has 0 spiro atoms. The van der Waals surface area contributed by atoms with Gasteiger partial charge in [0.1, 0.15) is 12.3 Å². The molecule has 1 heterocycles. The Morgan fingerprint density at radius 3 is 2.81 bits per heavy atom. The first-order chi connectivity index (χ1) is 10.1. The number of carbonyl (C=O) groups excluding carboxylic acids is 1. The van der Waals surface area contributed by atoms with Crippen molar-refractivity contribution in [3.63, 3.8) is 0 Å². The summed E-state index contributed by atoms with van der Waals surface area (Å²) in [5, 5.41) is 18.4. The van der Waals surface area contributed by atoms with Crippen LogP contribution in [0.5, 0.6) is 5.75 Å². The van der Waals surface area contributed by atoms with Crippen molar-refractivity contribution < 1.29 is 19.4 Å². The fourth-order valence-electron chi connectivity index (χ4n) is 1.66. The molecule has 8 nitrogen and oxygen atoms in total. The van der Waals surface area contributed by atoms with Gasteiger partial charge in [0.15, 0.2) is 5.69 Å². The van der Waals surface area contributed by atoms with E-state index in [1.54, 1.807) is 24.3 Å². The van der Waals surface area contributed by atoms with Gasteiger partial charge in [-0.25, -0.2) is 9.48 Å². The average molecular weight is 290 g/mol. The predicted octanol–water partition coefficient (Wildman–Crippen LogP) is 1.01. The minimum absolute atomic E-state index is 0.138. The smallest absolute Gasteiger partial charge is 0.358 e. The number of ether oxygens (including phenoxy) is 1. The van der Waals surface area contributed by atoms with Crippen LogP contribution in [-0.2, 0) is 11.3 Å². The van der Waals surface area contributed by atoms with Crippen molar-refractivity contribution in [1.82, 2.24) is 15.0 Å². The van der Waals surface area contributed by atoms with E-state index in [4.69, 9.17) is 9.84 Å². The van der Waals surface area contributed by atoms with Gasteiger partial charge >= 0.3 is 5.97 Å². The highest BCUT2D eigenvalue weighted by molar-refractivity contribution is 5.92. The van der Waals surface area contributed by atoms with E-state index in [-0.39, 0.29) is 18.1 Å². The molecule has 0 saturated carbocycles. The van der Waals surface area contributed by atoms with Gasteiger partial charge in [0.2, 0.25) is 5.91 Å². The van der Waals surface area contributed by atoms with Gasteiger partial charge in [-0.05, 0) is 19.1 Å². The van der Waals surface area contributed by atoms with E-state index < -0.39 is 5.97 Å². The number of nitrogens with zero attached hydrogens (tertiary/aromatic N) is 3. The molecule has 2 rings (SSSR count). The minimum Gasteiger partial charge on any atom is -0.492 e. The number of carboxylic acid groups (broad SMARTS) is 1. The lowest BCUT2D eigenvalue weighted by Crippen LogP contribution is -2.19. The summed E-state index contributed by atoms with van der Waals surface area (Å²) in [5.41, 5.74) is 0.334. The summed E-state index contributed by atoms with van der Waals surface area (Å²) in [6, 6.07) is 7.04. The highest BCUT2D eigenvalue weighted by atomic mass is 16.5.